The number of aryl methyl sites for hydroxylation is 6. The van der Waals surface area contributed by atoms with Gasteiger partial charge in [0.15, 0.2) is 0 Å². The van der Waals surface area contributed by atoms with E-state index in [-0.39, 0.29) is 14.6 Å². The molecule has 0 spiro atoms. The van der Waals surface area contributed by atoms with Gasteiger partial charge in [-0.25, -0.2) is 4.85 Å². The SMILES string of the molecule is [C-]#[N+]C(C(=O)O)=c1sc(=Cc2sc(-c3sc(-c4sc(-c5sc(-c6sc(-c7sc(-c8ccc9c(c8)C(C)(C)c8ccccc8N9CCCCCC)cc7CCCCCC)cc6CCCCCC)cc5CCCCCC)cc4CCCCCC)cc3CCCCCC)cc2CCCCCC)c(=O)n1CC(=O)O. The molecule has 105 heavy (non-hydrogen) atoms. The van der Waals surface area contributed by atoms with Gasteiger partial charge in [-0.15, -0.1) is 79.4 Å². The van der Waals surface area contributed by atoms with Crippen molar-refractivity contribution < 1.29 is 19.8 Å². The lowest BCUT2D eigenvalue weighted by atomic mass is 9.73. The summed E-state index contributed by atoms with van der Waals surface area (Å²) < 4.78 is 1.01. The molecule has 0 aliphatic carbocycles. The van der Waals surface area contributed by atoms with E-state index in [0.29, 0.717) is 0 Å². The molecule has 562 valence electrons. The number of fused-ring (bicyclic) bond motifs is 2. The van der Waals surface area contributed by atoms with E-state index in [2.05, 4.69) is 174 Å². The van der Waals surface area contributed by atoms with Gasteiger partial charge in [-0.05, 0) is 194 Å². The largest absolute Gasteiger partial charge is 0.486 e. The number of hydrogen-bond donors (Lipinski definition) is 2. The monoisotopic (exact) mass is 1540 g/mol. The number of unbranched alkanes of at least 4 members (excludes halogenated alkanes) is 21. The number of carbonyl (C=O) groups is 2. The van der Waals surface area contributed by atoms with E-state index >= 15 is 0 Å². The van der Waals surface area contributed by atoms with Gasteiger partial charge < -0.3 is 15.1 Å². The third kappa shape index (κ3) is 20.5. The zero-order valence-corrected chi connectivity index (χ0v) is 70.1. The number of aromatic nitrogens is 1. The van der Waals surface area contributed by atoms with Gasteiger partial charge in [-0.2, -0.15) is 0 Å². The molecule has 0 amide bonds. The number of carboxylic acids is 2. The van der Waals surface area contributed by atoms with Crippen LogP contribution in [0.1, 0.15) is 291 Å². The molecule has 0 radical (unpaired) electrons. The van der Waals surface area contributed by atoms with Gasteiger partial charge in [0, 0.05) is 81.9 Å². The van der Waals surface area contributed by atoms with Crippen LogP contribution in [0.25, 0.3) is 75.8 Å². The first-order valence-corrected chi connectivity index (χ1v) is 45.9. The van der Waals surface area contributed by atoms with Crippen LogP contribution in [0.2, 0.25) is 0 Å². The Morgan fingerprint density at radius 3 is 1.22 bits per heavy atom. The molecule has 15 heteroatoms. The number of anilines is 2. The number of thiazole rings is 1. The Morgan fingerprint density at radius 2 is 0.810 bits per heavy atom. The molecule has 0 unspecified atom stereocenters. The Morgan fingerprint density at radius 1 is 0.438 bits per heavy atom. The van der Waals surface area contributed by atoms with E-state index in [4.69, 9.17) is 6.57 Å². The molecule has 9 aromatic rings. The minimum absolute atomic E-state index is 0.142. The number of carboxylic acid groups (broad SMARTS) is 2. The van der Waals surface area contributed by atoms with Crippen LogP contribution >= 0.6 is 79.4 Å². The fourth-order valence-corrected chi connectivity index (χ4v) is 24.2. The summed E-state index contributed by atoms with van der Waals surface area (Å²) in [5, 5.41) is 19.9. The highest BCUT2D eigenvalue weighted by molar-refractivity contribution is 7.31. The summed E-state index contributed by atoms with van der Waals surface area (Å²) >= 11 is 12.7. The topological polar surface area (TPSA) is 104 Å². The second-order valence-electron chi connectivity index (χ2n) is 29.7. The van der Waals surface area contributed by atoms with Gasteiger partial charge in [0.1, 0.15) is 11.2 Å². The zero-order chi connectivity index (χ0) is 74.4. The minimum Gasteiger partial charge on any atom is -0.486 e. The third-order valence-electron chi connectivity index (χ3n) is 21.1. The Balaban J connectivity index is 1.09. The summed E-state index contributed by atoms with van der Waals surface area (Å²) in [4.78, 5) is 60.5. The maximum atomic E-state index is 14.2. The van der Waals surface area contributed by atoms with Crippen molar-refractivity contribution in [2.24, 2.45) is 0 Å². The van der Waals surface area contributed by atoms with E-state index in [1.807, 2.05) is 40.1 Å². The molecule has 0 bridgehead atoms. The number of thiophene rings is 6. The van der Waals surface area contributed by atoms with Crippen LogP contribution in [0, 0.1) is 6.57 Å². The van der Waals surface area contributed by atoms with Crippen LogP contribution in [-0.4, -0.2) is 33.3 Å². The van der Waals surface area contributed by atoms with Gasteiger partial charge in [-0.3, -0.25) is 19.0 Å². The number of rotatable bonds is 45. The molecule has 0 saturated heterocycles. The highest BCUT2D eigenvalue weighted by Gasteiger charge is 2.37. The van der Waals surface area contributed by atoms with Crippen LogP contribution in [-0.2, 0) is 60.1 Å². The Bertz CT molecular complexity index is 4560. The van der Waals surface area contributed by atoms with Crippen LogP contribution in [0.15, 0.2) is 83.7 Å². The van der Waals surface area contributed by atoms with Crippen molar-refractivity contribution in [3.8, 4) is 59.2 Å². The predicted octanol–water partition coefficient (Wildman–Crippen LogP) is 27.4. The summed E-state index contributed by atoms with van der Waals surface area (Å²) in [7, 11) is 0. The van der Waals surface area contributed by atoms with Crippen molar-refractivity contribution in [2.75, 3.05) is 11.4 Å². The maximum Gasteiger partial charge on any atom is 0.336 e. The van der Waals surface area contributed by atoms with Crippen molar-refractivity contribution in [1.82, 2.24) is 4.57 Å². The Kier molecular flexibility index (Phi) is 31.4. The van der Waals surface area contributed by atoms with E-state index < -0.39 is 29.7 Å². The molecule has 8 nitrogen and oxygen atoms in total. The van der Waals surface area contributed by atoms with Crippen LogP contribution in [0.3, 0.4) is 0 Å². The van der Waals surface area contributed by atoms with Crippen molar-refractivity contribution in [3.05, 3.63) is 159 Å². The van der Waals surface area contributed by atoms with Gasteiger partial charge >= 0.3 is 17.6 Å². The first-order valence-electron chi connectivity index (χ1n) is 40.2. The number of hydrogen-bond acceptors (Lipinski definition) is 11. The number of nitrogens with zero attached hydrogens (tertiary/aromatic N) is 3. The highest BCUT2D eigenvalue weighted by atomic mass is 32.1. The second-order valence-corrected chi connectivity index (χ2v) is 37.1. The van der Waals surface area contributed by atoms with Gasteiger partial charge in [0.2, 0.25) is 0 Å². The Labute approximate surface area is 655 Å². The number of benzene rings is 2. The average molecular weight is 1540 g/mol. The molecule has 1 aliphatic heterocycles. The Hall–Kier alpha value is -5.96. The van der Waals surface area contributed by atoms with Crippen LogP contribution in [0.5, 0.6) is 0 Å². The molecule has 2 aromatic carbocycles. The second kappa shape index (κ2) is 40.5. The molecule has 8 heterocycles. The first-order chi connectivity index (χ1) is 51.1. The summed E-state index contributed by atoms with van der Waals surface area (Å²) in [6.45, 7) is 29.0. The fourth-order valence-electron chi connectivity index (χ4n) is 15.2. The molecule has 7 aromatic heterocycles. The molecule has 2 N–H and O–H groups in total. The summed E-state index contributed by atoms with van der Waals surface area (Å²) in [6.07, 6.45) is 41.2. The molecule has 0 fully saturated rings. The molecule has 0 saturated carbocycles. The lowest BCUT2D eigenvalue weighted by molar-refractivity contribution is -0.138. The normalized spacial score (nSPS) is 13.1. The number of aliphatic carboxylic acids is 2. The predicted molar refractivity (Wildman–Crippen MR) is 460 cm³/mol. The van der Waals surface area contributed by atoms with Gasteiger partial charge in [0.25, 0.3) is 5.56 Å². The van der Waals surface area contributed by atoms with Crippen molar-refractivity contribution in [1.29, 1.82) is 0 Å². The summed E-state index contributed by atoms with van der Waals surface area (Å²) in [5.74, 6) is -2.77. The minimum atomic E-state index is -1.49. The van der Waals surface area contributed by atoms with E-state index in [9.17, 15) is 24.6 Å². The van der Waals surface area contributed by atoms with Gasteiger partial charge in [-0.1, -0.05) is 221 Å². The first kappa shape index (κ1) is 81.6. The quantitative estimate of drug-likeness (QED) is 0.0291. The lowest BCUT2D eigenvalue weighted by Gasteiger charge is -2.42. The third-order valence-corrected chi connectivity index (χ3v) is 30.2. The zero-order valence-electron chi connectivity index (χ0n) is 64.4. The van der Waals surface area contributed by atoms with Crippen molar-refractivity contribution in [3.63, 3.8) is 0 Å². The molecule has 10 rings (SSSR count). The van der Waals surface area contributed by atoms with Crippen LogP contribution in [0.4, 0.5) is 11.4 Å². The van der Waals surface area contributed by atoms with Crippen molar-refractivity contribution in [2.45, 2.75) is 293 Å². The molecule has 1 aliphatic rings. The fraction of sp³-hybridized carbons (Fsp3) is 0.511. The molecular formula is C90H115N3O5S7. The highest BCUT2D eigenvalue weighted by Crippen LogP contribution is 2.55. The summed E-state index contributed by atoms with van der Waals surface area (Å²) in [6, 6.07) is 32.0. The number of para-hydroxylation sites is 1. The summed E-state index contributed by atoms with van der Waals surface area (Å²) in [5.41, 5.74) is 14.0. The van der Waals surface area contributed by atoms with E-state index in [1.54, 1.807) is 11.3 Å². The maximum absolute atomic E-state index is 14.2. The lowest BCUT2D eigenvalue weighted by Crippen LogP contribution is -2.35. The van der Waals surface area contributed by atoms with Crippen molar-refractivity contribution >= 4 is 114 Å². The molecule has 0 atom stereocenters. The smallest absolute Gasteiger partial charge is 0.336 e. The van der Waals surface area contributed by atoms with Crippen LogP contribution < -0.4 is 19.7 Å². The standard InChI is InChI=1S/C90H115N3O5S7/c1-11-18-25-32-41-61-53-74(99-73(61)59-79-87(96)93(60-80(94)95)88(105-79)81(91-10)89(97)98)82-64(43-34-27-20-13-3)55-76(101-82)84-66(45-36-29-22-15-5)57-78(103-84)86-67(46-37-30-23-16-6)58-77(104-86)85-65(44-35-28-21-14-4)56-75(102-85)83-63(42-33-26-19-12-2)54-72(100-83)62-49-50-71-69(52-62)90(8,9)68-47-38-39-48-70(68)92(71)51-40-31-24-17-7/h38-39,47-50,52-59H,11-37,40-46,51,60H2,1-9H3,(H,94,95)(H,97,98). The van der Waals surface area contributed by atoms with E-state index in [0.717, 1.165) is 128 Å². The molecular weight excluding hydrogens is 1430 g/mol. The van der Waals surface area contributed by atoms with Gasteiger partial charge in [0.05, 0.1) is 11.1 Å². The van der Waals surface area contributed by atoms with E-state index in [1.165, 1.54) is 233 Å². The average Bonchev–Trinajstić information content (AvgIpc) is 1.73.